The fraction of sp³-hybridized carbons (Fsp3) is 0.552. The maximum Gasteiger partial charge on any atom is 0.335 e. The van der Waals surface area contributed by atoms with Gasteiger partial charge in [0.05, 0.1) is 23.9 Å². The number of benzene rings is 2. The van der Waals surface area contributed by atoms with Crippen LogP contribution in [0.3, 0.4) is 0 Å². The van der Waals surface area contributed by atoms with E-state index in [2.05, 4.69) is 30.3 Å². The Balaban J connectivity index is 1.45. The standard InChI is InChI=1S/C29H36O5/c30-27(31)23-9-10-26-22(17-23)7-4-8-24-19-28(32,20-34-25-11-15-33-16-12-25)13-14-29(24,26)18-21-5-2-1-3-6-21/h1-3,5-6,9-10,17,24-25,32H,4,7-8,11-16,18-20H2,(H,30,31)/t24-,28+,29-/m1/s1. The summed E-state index contributed by atoms with van der Waals surface area (Å²) in [4.78, 5) is 11.7. The van der Waals surface area contributed by atoms with E-state index in [1.165, 1.54) is 16.7 Å². The summed E-state index contributed by atoms with van der Waals surface area (Å²) in [5.74, 6) is -0.550. The van der Waals surface area contributed by atoms with Crippen molar-refractivity contribution >= 4 is 5.97 Å². The third kappa shape index (κ3) is 4.79. The molecule has 182 valence electrons. The molecular formula is C29H36O5. The summed E-state index contributed by atoms with van der Waals surface area (Å²) < 4.78 is 11.7. The first-order valence-corrected chi connectivity index (χ1v) is 12.8. The minimum absolute atomic E-state index is 0.102. The Morgan fingerprint density at radius 1 is 1.06 bits per heavy atom. The highest BCUT2D eigenvalue weighted by Crippen LogP contribution is 2.53. The zero-order valence-electron chi connectivity index (χ0n) is 19.9. The number of carboxylic acids is 1. The fourth-order valence-electron chi connectivity index (χ4n) is 6.64. The summed E-state index contributed by atoms with van der Waals surface area (Å²) in [5, 5.41) is 21.2. The Morgan fingerprint density at radius 2 is 1.85 bits per heavy atom. The molecule has 5 rings (SSSR count). The average Bonchev–Trinajstić information content (AvgIpc) is 3.00. The van der Waals surface area contributed by atoms with E-state index < -0.39 is 11.6 Å². The van der Waals surface area contributed by atoms with Crippen LogP contribution in [0.5, 0.6) is 0 Å². The van der Waals surface area contributed by atoms with Crippen LogP contribution in [-0.2, 0) is 27.7 Å². The molecule has 0 aromatic heterocycles. The summed E-state index contributed by atoms with van der Waals surface area (Å²) in [7, 11) is 0. The number of rotatable bonds is 6. The number of aromatic carboxylic acids is 1. The Labute approximate surface area is 202 Å². The smallest absolute Gasteiger partial charge is 0.335 e. The molecule has 2 aromatic rings. The van der Waals surface area contributed by atoms with Gasteiger partial charge in [0.15, 0.2) is 0 Å². The summed E-state index contributed by atoms with van der Waals surface area (Å²) >= 11 is 0. The number of hydrogen-bond acceptors (Lipinski definition) is 4. The summed E-state index contributed by atoms with van der Waals surface area (Å²) in [5.41, 5.74) is 3.21. The highest BCUT2D eigenvalue weighted by Gasteiger charge is 2.51. The lowest BCUT2D eigenvalue weighted by molar-refractivity contribution is -0.129. The highest BCUT2D eigenvalue weighted by molar-refractivity contribution is 5.88. The molecular weight excluding hydrogens is 428 g/mol. The number of carboxylic acid groups (broad SMARTS) is 1. The van der Waals surface area contributed by atoms with Gasteiger partial charge < -0.3 is 19.7 Å². The predicted octanol–water partition coefficient (Wildman–Crippen LogP) is 4.93. The van der Waals surface area contributed by atoms with E-state index in [1.807, 2.05) is 12.1 Å². The van der Waals surface area contributed by atoms with E-state index in [0.29, 0.717) is 24.5 Å². The van der Waals surface area contributed by atoms with Crippen molar-refractivity contribution in [3.8, 4) is 0 Å². The molecule has 0 unspecified atom stereocenters. The number of ether oxygens (including phenoxy) is 2. The maximum absolute atomic E-state index is 11.7. The molecule has 1 aliphatic heterocycles. The molecule has 2 fully saturated rings. The largest absolute Gasteiger partial charge is 0.478 e. The Bertz CT molecular complexity index is 999. The first-order chi connectivity index (χ1) is 16.5. The minimum atomic E-state index is -0.871. The van der Waals surface area contributed by atoms with Crippen LogP contribution in [0.1, 0.15) is 72.0 Å². The zero-order valence-corrected chi connectivity index (χ0v) is 19.9. The third-order valence-electron chi connectivity index (χ3n) is 8.45. The van der Waals surface area contributed by atoms with Gasteiger partial charge in [0.25, 0.3) is 0 Å². The van der Waals surface area contributed by atoms with Gasteiger partial charge in [0.2, 0.25) is 0 Å². The lowest BCUT2D eigenvalue weighted by Crippen LogP contribution is -2.51. The van der Waals surface area contributed by atoms with Crippen molar-refractivity contribution < 1.29 is 24.5 Å². The van der Waals surface area contributed by atoms with Gasteiger partial charge in [-0.2, -0.15) is 0 Å². The predicted molar refractivity (Wildman–Crippen MR) is 130 cm³/mol. The topological polar surface area (TPSA) is 76.0 Å². The van der Waals surface area contributed by atoms with E-state index in [0.717, 1.165) is 64.6 Å². The lowest BCUT2D eigenvalue weighted by atomic mass is 9.56. The average molecular weight is 465 g/mol. The van der Waals surface area contributed by atoms with E-state index in [9.17, 15) is 15.0 Å². The van der Waals surface area contributed by atoms with Crippen molar-refractivity contribution in [1.29, 1.82) is 0 Å². The van der Waals surface area contributed by atoms with Crippen molar-refractivity contribution in [2.75, 3.05) is 19.8 Å². The van der Waals surface area contributed by atoms with E-state index in [4.69, 9.17) is 9.47 Å². The van der Waals surface area contributed by atoms with Gasteiger partial charge in [-0.05, 0) is 92.5 Å². The van der Waals surface area contributed by atoms with Crippen molar-refractivity contribution in [3.05, 3.63) is 70.8 Å². The molecule has 2 aliphatic carbocycles. The second-order valence-corrected chi connectivity index (χ2v) is 10.6. The van der Waals surface area contributed by atoms with E-state index in [1.54, 1.807) is 6.07 Å². The van der Waals surface area contributed by atoms with Gasteiger partial charge >= 0.3 is 5.97 Å². The molecule has 3 atom stereocenters. The normalized spacial score (nSPS) is 29.6. The maximum atomic E-state index is 11.7. The summed E-state index contributed by atoms with van der Waals surface area (Å²) in [6, 6.07) is 16.3. The number of fused-ring (bicyclic) bond motifs is 3. The molecule has 0 bridgehead atoms. The quantitative estimate of drug-likeness (QED) is 0.634. The van der Waals surface area contributed by atoms with Crippen LogP contribution >= 0.6 is 0 Å². The van der Waals surface area contributed by atoms with Gasteiger partial charge in [-0.15, -0.1) is 0 Å². The van der Waals surface area contributed by atoms with Crippen LogP contribution in [0, 0.1) is 5.92 Å². The molecule has 5 heteroatoms. The zero-order chi connectivity index (χ0) is 23.6. The Kier molecular flexibility index (Phi) is 6.79. The minimum Gasteiger partial charge on any atom is -0.478 e. The number of aliphatic hydroxyl groups is 1. The molecule has 1 saturated carbocycles. The molecule has 1 saturated heterocycles. The van der Waals surface area contributed by atoms with Crippen molar-refractivity contribution in [2.45, 2.75) is 74.9 Å². The van der Waals surface area contributed by atoms with Gasteiger partial charge in [0.1, 0.15) is 0 Å². The van der Waals surface area contributed by atoms with Crippen molar-refractivity contribution in [3.63, 3.8) is 0 Å². The third-order valence-corrected chi connectivity index (χ3v) is 8.45. The first kappa shape index (κ1) is 23.5. The Hall–Kier alpha value is -2.21. The van der Waals surface area contributed by atoms with Crippen molar-refractivity contribution in [1.82, 2.24) is 0 Å². The summed E-state index contributed by atoms with van der Waals surface area (Å²) in [6.07, 6.45) is 8.11. The molecule has 1 heterocycles. The molecule has 2 N–H and O–H groups in total. The molecule has 2 aromatic carbocycles. The van der Waals surface area contributed by atoms with Gasteiger partial charge in [-0.1, -0.05) is 36.4 Å². The fourth-order valence-corrected chi connectivity index (χ4v) is 6.64. The van der Waals surface area contributed by atoms with Crippen molar-refractivity contribution in [2.24, 2.45) is 5.92 Å². The van der Waals surface area contributed by atoms with Crippen LogP contribution < -0.4 is 0 Å². The van der Waals surface area contributed by atoms with Crippen LogP contribution in [0.2, 0.25) is 0 Å². The molecule has 5 nitrogen and oxygen atoms in total. The second kappa shape index (κ2) is 9.80. The SMILES string of the molecule is O=C(O)c1ccc2c(c1)CCC[C@@H]1C[C@](O)(COC3CCOCC3)CC[C@]21Cc1ccccc1. The molecule has 0 radical (unpaired) electrons. The molecule has 0 spiro atoms. The first-order valence-electron chi connectivity index (χ1n) is 12.8. The Morgan fingerprint density at radius 3 is 2.62 bits per heavy atom. The highest BCUT2D eigenvalue weighted by atomic mass is 16.5. The molecule has 0 amide bonds. The van der Waals surface area contributed by atoms with Crippen LogP contribution in [0.15, 0.2) is 48.5 Å². The number of hydrogen-bond donors (Lipinski definition) is 2. The van der Waals surface area contributed by atoms with E-state index in [-0.39, 0.29) is 11.5 Å². The van der Waals surface area contributed by atoms with Crippen LogP contribution in [-0.4, -0.2) is 47.7 Å². The molecule has 3 aliphatic rings. The number of aryl methyl sites for hydroxylation is 1. The molecule has 34 heavy (non-hydrogen) atoms. The van der Waals surface area contributed by atoms with Gasteiger partial charge in [-0.3, -0.25) is 0 Å². The number of carbonyl (C=O) groups is 1. The van der Waals surface area contributed by atoms with Gasteiger partial charge in [-0.25, -0.2) is 4.79 Å². The summed E-state index contributed by atoms with van der Waals surface area (Å²) in [6.45, 7) is 1.86. The monoisotopic (exact) mass is 464 g/mol. The second-order valence-electron chi connectivity index (χ2n) is 10.6. The lowest BCUT2D eigenvalue weighted by Gasteiger charge is -2.50. The van der Waals surface area contributed by atoms with Gasteiger partial charge in [0, 0.05) is 18.6 Å². The van der Waals surface area contributed by atoms with Crippen LogP contribution in [0.25, 0.3) is 0 Å². The van der Waals surface area contributed by atoms with E-state index >= 15 is 0 Å². The van der Waals surface area contributed by atoms with Crippen LogP contribution in [0.4, 0.5) is 0 Å².